The van der Waals surface area contributed by atoms with Crippen molar-refractivity contribution in [3.63, 3.8) is 0 Å². The summed E-state index contributed by atoms with van der Waals surface area (Å²) >= 11 is 5.96. The lowest BCUT2D eigenvalue weighted by atomic mass is 10.2. The summed E-state index contributed by atoms with van der Waals surface area (Å²) in [6.45, 7) is 7.91. The van der Waals surface area contributed by atoms with Gasteiger partial charge in [0.1, 0.15) is 11.5 Å². The normalized spacial score (nSPS) is 14.5. The van der Waals surface area contributed by atoms with Gasteiger partial charge in [-0.15, -0.1) is 0 Å². The summed E-state index contributed by atoms with van der Waals surface area (Å²) in [5.74, 6) is 1.33. The number of benzene rings is 2. The summed E-state index contributed by atoms with van der Waals surface area (Å²) in [7, 11) is 0. The van der Waals surface area contributed by atoms with E-state index in [0.717, 1.165) is 43.5 Å². The van der Waals surface area contributed by atoms with Crippen LogP contribution in [-0.2, 0) is 4.79 Å². The molecule has 0 unspecified atom stereocenters. The van der Waals surface area contributed by atoms with Crippen molar-refractivity contribution in [1.82, 2.24) is 10.2 Å². The van der Waals surface area contributed by atoms with Crippen molar-refractivity contribution in [3.8, 4) is 11.5 Å². The molecule has 0 aromatic heterocycles. The van der Waals surface area contributed by atoms with Crippen LogP contribution in [0.25, 0.3) is 0 Å². The summed E-state index contributed by atoms with van der Waals surface area (Å²) < 4.78 is 10.9. The Labute approximate surface area is 177 Å². The standard InChI is InChI=1S/C22H28ClN3O3/c1-2-28-20-7-9-21(10-8-20)29-17-22(27)24-11-12-25-13-15-26(16-14-25)19-5-3-18(23)4-6-19/h3-10H,2,11-17H2,1H3,(H,24,27). The molecular formula is C22H28ClN3O3. The second-order valence-electron chi connectivity index (χ2n) is 6.85. The predicted molar refractivity (Wildman–Crippen MR) is 116 cm³/mol. The number of hydrogen-bond donors (Lipinski definition) is 1. The fourth-order valence-corrected chi connectivity index (χ4v) is 3.36. The Kier molecular flexibility index (Phi) is 8.02. The molecule has 0 atom stereocenters. The van der Waals surface area contributed by atoms with Gasteiger partial charge in [0.05, 0.1) is 6.61 Å². The van der Waals surface area contributed by atoms with E-state index in [0.29, 0.717) is 18.9 Å². The van der Waals surface area contributed by atoms with Crippen LogP contribution in [0, 0.1) is 0 Å². The molecule has 7 heteroatoms. The fourth-order valence-electron chi connectivity index (χ4n) is 3.23. The Morgan fingerprint density at radius 3 is 2.21 bits per heavy atom. The number of piperazine rings is 1. The monoisotopic (exact) mass is 417 g/mol. The van der Waals surface area contributed by atoms with Crippen LogP contribution < -0.4 is 19.7 Å². The lowest BCUT2D eigenvalue weighted by Gasteiger charge is -2.36. The molecule has 0 saturated carbocycles. The van der Waals surface area contributed by atoms with Gasteiger partial charge in [0.15, 0.2) is 6.61 Å². The Morgan fingerprint density at radius 2 is 1.59 bits per heavy atom. The van der Waals surface area contributed by atoms with Crippen molar-refractivity contribution in [2.45, 2.75) is 6.92 Å². The molecule has 0 bridgehead atoms. The van der Waals surface area contributed by atoms with Crippen LogP contribution >= 0.6 is 11.6 Å². The Morgan fingerprint density at radius 1 is 0.966 bits per heavy atom. The summed E-state index contributed by atoms with van der Waals surface area (Å²) in [6, 6.07) is 15.2. The first-order valence-electron chi connectivity index (χ1n) is 9.99. The third-order valence-electron chi connectivity index (χ3n) is 4.82. The van der Waals surface area contributed by atoms with Gasteiger partial charge >= 0.3 is 0 Å². The lowest BCUT2D eigenvalue weighted by molar-refractivity contribution is -0.123. The topological polar surface area (TPSA) is 54.0 Å². The second kappa shape index (κ2) is 10.9. The van der Waals surface area contributed by atoms with E-state index >= 15 is 0 Å². The van der Waals surface area contributed by atoms with Crippen LogP contribution in [0.4, 0.5) is 5.69 Å². The molecule has 0 aliphatic carbocycles. The van der Waals surface area contributed by atoms with Crippen LogP contribution in [0.5, 0.6) is 11.5 Å². The summed E-state index contributed by atoms with van der Waals surface area (Å²) in [5, 5.41) is 3.68. The molecule has 1 aliphatic rings. The number of carbonyl (C=O) groups is 1. The van der Waals surface area contributed by atoms with Gasteiger partial charge in [-0.25, -0.2) is 0 Å². The number of anilines is 1. The van der Waals surface area contributed by atoms with Crippen molar-refractivity contribution >= 4 is 23.2 Å². The number of amides is 1. The van der Waals surface area contributed by atoms with Crippen LogP contribution in [0.1, 0.15) is 6.92 Å². The lowest BCUT2D eigenvalue weighted by Crippen LogP contribution is -2.48. The summed E-state index contributed by atoms with van der Waals surface area (Å²) in [4.78, 5) is 16.7. The van der Waals surface area contributed by atoms with E-state index < -0.39 is 0 Å². The molecule has 1 saturated heterocycles. The minimum absolute atomic E-state index is 0.0122. The van der Waals surface area contributed by atoms with Gasteiger partial charge in [-0.05, 0) is 55.5 Å². The fraction of sp³-hybridized carbons (Fsp3) is 0.409. The highest BCUT2D eigenvalue weighted by Gasteiger charge is 2.17. The molecule has 6 nitrogen and oxygen atoms in total. The maximum absolute atomic E-state index is 12.0. The first-order chi connectivity index (χ1) is 14.1. The number of rotatable bonds is 9. The molecule has 1 N–H and O–H groups in total. The molecule has 3 rings (SSSR count). The first kappa shape index (κ1) is 21.3. The molecule has 1 aliphatic heterocycles. The Hall–Kier alpha value is -2.44. The minimum atomic E-state index is -0.112. The largest absolute Gasteiger partial charge is 0.494 e. The van der Waals surface area contributed by atoms with Crippen molar-refractivity contribution in [2.24, 2.45) is 0 Å². The van der Waals surface area contributed by atoms with Crippen molar-refractivity contribution < 1.29 is 14.3 Å². The molecule has 2 aromatic carbocycles. The molecule has 1 fully saturated rings. The van der Waals surface area contributed by atoms with Gasteiger partial charge in [-0.1, -0.05) is 11.6 Å². The van der Waals surface area contributed by atoms with E-state index in [1.807, 2.05) is 31.2 Å². The number of nitrogens with zero attached hydrogens (tertiary/aromatic N) is 2. The molecular weight excluding hydrogens is 390 g/mol. The first-order valence-corrected chi connectivity index (χ1v) is 10.4. The molecule has 2 aromatic rings. The van der Waals surface area contributed by atoms with Gasteiger partial charge in [-0.2, -0.15) is 0 Å². The molecule has 0 radical (unpaired) electrons. The van der Waals surface area contributed by atoms with Crippen LogP contribution in [0.15, 0.2) is 48.5 Å². The quantitative estimate of drug-likeness (QED) is 0.679. The number of hydrogen-bond acceptors (Lipinski definition) is 5. The van der Waals surface area contributed by atoms with Gasteiger partial charge in [0.25, 0.3) is 5.91 Å². The maximum atomic E-state index is 12.0. The van der Waals surface area contributed by atoms with Crippen LogP contribution in [0.3, 0.4) is 0 Å². The Balaban J connectivity index is 1.30. The number of nitrogens with one attached hydrogen (secondary N) is 1. The van der Waals surface area contributed by atoms with Crippen molar-refractivity contribution in [3.05, 3.63) is 53.6 Å². The summed E-state index contributed by atoms with van der Waals surface area (Å²) in [6.07, 6.45) is 0. The zero-order chi connectivity index (χ0) is 20.5. The zero-order valence-corrected chi connectivity index (χ0v) is 17.5. The second-order valence-corrected chi connectivity index (χ2v) is 7.28. The minimum Gasteiger partial charge on any atom is -0.494 e. The van der Waals surface area contributed by atoms with Crippen LogP contribution in [-0.4, -0.2) is 63.3 Å². The van der Waals surface area contributed by atoms with Crippen LogP contribution in [0.2, 0.25) is 5.02 Å². The number of halogens is 1. The highest BCUT2D eigenvalue weighted by molar-refractivity contribution is 6.30. The SMILES string of the molecule is CCOc1ccc(OCC(=O)NCCN2CCN(c3ccc(Cl)cc3)CC2)cc1. The number of ether oxygens (including phenoxy) is 2. The average Bonchev–Trinajstić information content (AvgIpc) is 2.75. The summed E-state index contributed by atoms with van der Waals surface area (Å²) in [5.41, 5.74) is 1.20. The molecule has 0 spiro atoms. The average molecular weight is 418 g/mol. The zero-order valence-electron chi connectivity index (χ0n) is 16.8. The molecule has 1 heterocycles. The smallest absolute Gasteiger partial charge is 0.257 e. The third-order valence-corrected chi connectivity index (χ3v) is 5.07. The van der Waals surface area contributed by atoms with E-state index in [2.05, 4.69) is 27.2 Å². The molecule has 156 valence electrons. The maximum Gasteiger partial charge on any atom is 0.257 e. The van der Waals surface area contributed by atoms with Crippen molar-refractivity contribution in [2.75, 3.05) is 57.4 Å². The highest BCUT2D eigenvalue weighted by atomic mass is 35.5. The molecule has 29 heavy (non-hydrogen) atoms. The van der Waals surface area contributed by atoms with Gasteiger partial charge in [0.2, 0.25) is 0 Å². The number of carbonyl (C=O) groups excluding carboxylic acids is 1. The highest BCUT2D eigenvalue weighted by Crippen LogP contribution is 2.19. The molecule has 1 amide bonds. The van der Waals surface area contributed by atoms with E-state index in [4.69, 9.17) is 21.1 Å². The van der Waals surface area contributed by atoms with E-state index in [1.54, 1.807) is 12.1 Å². The van der Waals surface area contributed by atoms with Gasteiger partial charge in [-0.3, -0.25) is 9.69 Å². The predicted octanol–water partition coefficient (Wildman–Crippen LogP) is 3.06. The van der Waals surface area contributed by atoms with E-state index in [-0.39, 0.29) is 12.5 Å². The van der Waals surface area contributed by atoms with E-state index in [9.17, 15) is 4.79 Å². The van der Waals surface area contributed by atoms with Gasteiger partial charge in [0, 0.05) is 50.0 Å². The Bertz CT molecular complexity index is 760. The van der Waals surface area contributed by atoms with E-state index in [1.165, 1.54) is 5.69 Å². The van der Waals surface area contributed by atoms with Crippen molar-refractivity contribution in [1.29, 1.82) is 0 Å². The van der Waals surface area contributed by atoms with Gasteiger partial charge < -0.3 is 19.7 Å². The third kappa shape index (κ3) is 6.84.